The molecule has 0 saturated heterocycles. The number of benzene rings is 2. The first-order valence-electron chi connectivity index (χ1n) is 6.32. The van der Waals surface area contributed by atoms with Crippen LogP contribution in [-0.2, 0) is 5.67 Å². The molecule has 1 unspecified atom stereocenters. The van der Waals surface area contributed by atoms with Crippen molar-refractivity contribution in [3.8, 4) is 11.5 Å². The number of nitrogens with two attached hydrogens (primary N) is 1. The van der Waals surface area contributed by atoms with Crippen molar-refractivity contribution in [3.63, 3.8) is 0 Å². The predicted molar refractivity (Wildman–Crippen MR) is 72.2 cm³/mol. The molecule has 0 aliphatic heterocycles. The molecular weight excluding hydrogens is 324 g/mol. The molecule has 124 valence electrons. The van der Waals surface area contributed by atoms with Gasteiger partial charge in [0.1, 0.15) is 11.5 Å². The van der Waals surface area contributed by atoms with Crippen LogP contribution in [0.3, 0.4) is 0 Å². The third-order valence-electron chi connectivity index (χ3n) is 3.08. The van der Waals surface area contributed by atoms with Gasteiger partial charge in [0.15, 0.2) is 0 Å². The summed E-state index contributed by atoms with van der Waals surface area (Å²) >= 11 is 0. The molecule has 0 heterocycles. The Kier molecular flexibility index (Phi) is 4.44. The molecule has 2 rings (SSSR count). The zero-order valence-corrected chi connectivity index (χ0v) is 11.4. The van der Waals surface area contributed by atoms with Gasteiger partial charge in [0.25, 0.3) is 12.1 Å². The van der Waals surface area contributed by atoms with Gasteiger partial charge in [-0.3, -0.25) is 0 Å². The van der Waals surface area contributed by atoms with E-state index >= 15 is 0 Å². The Morgan fingerprint density at radius 3 is 1.96 bits per heavy atom. The van der Waals surface area contributed by atoms with Gasteiger partial charge in [-0.25, -0.2) is 13.2 Å². The van der Waals surface area contributed by atoms with Crippen LogP contribution in [0.4, 0.5) is 32.0 Å². The van der Waals surface area contributed by atoms with E-state index in [2.05, 4.69) is 0 Å². The monoisotopic (exact) mass is 335 g/mol. The molecule has 2 aromatic rings. The lowest BCUT2D eigenvalue weighted by atomic mass is 9.95. The lowest BCUT2D eigenvalue weighted by molar-refractivity contribution is -0.274. The SMILES string of the molecule is Nc1cccc(Oc2ccc(C(F)(C(F)F)C(F)(F)F)cc2)c1. The number of hydrogen-bond acceptors (Lipinski definition) is 2. The molecule has 0 spiro atoms. The number of alkyl halides is 6. The average Bonchev–Trinajstić information content (AvgIpc) is 2.46. The third-order valence-corrected chi connectivity index (χ3v) is 3.08. The smallest absolute Gasteiger partial charge is 0.432 e. The molecular formula is C15H11F6NO. The number of hydrogen-bond donors (Lipinski definition) is 1. The standard InChI is InChI=1S/C15H11F6NO/c16-13(17)14(18,15(19,20)21)9-4-6-11(7-5-9)23-12-3-1-2-10(22)8-12/h1-8,13H,22H2. The summed E-state index contributed by atoms with van der Waals surface area (Å²) < 4.78 is 82.3. The van der Waals surface area contributed by atoms with Gasteiger partial charge in [-0.05, 0) is 24.3 Å². The molecule has 0 amide bonds. The molecule has 23 heavy (non-hydrogen) atoms. The minimum atomic E-state index is -5.74. The first-order valence-corrected chi connectivity index (χ1v) is 6.32. The van der Waals surface area contributed by atoms with Crippen molar-refractivity contribution < 1.29 is 31.1 Å². The Labute approximate surface area is 127 Å². The van der Waals surface area contributed by atoms with Gasteiger partial charge >= 0.3 is 6.18 Å². The van der Waals surface area contributed by atoms with E-state index in [1.165, 1.54) is 6.07 Å². The second kappa shape index (κ2) is 6.02. The van der Waals surface area contributed by atoms with Crippen molar-refractivity contribution in [2.45, 2.75) is 18.3 Å². The van der Waals surface area contributed by atoms with E-state index in [4.69, 9.17) is 10.5 Å². The minimum Gasteiger partial charge on any atom is -0.457 e. The summed E-state index contributed by atoms with van der Waals surface area (Å²) in [6.45, 7) is 0. The fraction of sp³-hybridized carbons (Fsp3) is 0.200. The molecule has 0 radical (unpaired) electrons. The fourth-order valence-electron chi connectivity index (χ4n) is 1.89. The summed E-state index contributed by atoms with van der Waals surface area (Å²) in [5.41, 5.74) is 0.00844. The van der Waals surface area contributed by atoms with Crippen LogP contribution in [0.15, 0.2) is 48.5 Å². The van der Waals surface area contributed by atoms with Gasteiger partial charge in [-0.2, -0.15) is 13.2 Å². The molecule has 0 aliphatic carbocycles. The maximum absolute atomic E-state index is 13.8. The fourth-order valence-corrected chi connectivity index (χ4v) is 1.89. The number of anilines is 1. The molecule has 8 heteroatoms. The largest absolute Gasteiger partial charge is 0.457 e. The van der Waals surface area contributed by atoms with Gasteiger partial charge in [-0.15, -0.1) is 0 Å². The van der Waals surface area contributed by atoms with Gasteiger partial charge in [-0.1, -0.05) is 18.2 Å². The van der Waals surface area contributed by atoms with Crippen molar-refractivity contribution in [2.24, 2.45) is 0 Å². The van der Waals surface area contributed by atoms with Crippen molar-refractivity contribution in [3.05, 3.63) is 54.1 Å². The molecule has 0 saturated carbocycles. The summed E-state index contributed by atoms with van der Waals surface area (Å²) in [6, 6.07) is 9.36. The van der Waals surface area contributed by atoms with Crippen LogP contribution in [0.25, 0.3) is 0 Å². The maximum atomic E-state index is 13.8. The number of nitrogen functional groups attached to an aromatic ring is 1. The lowest BCUT2D eigenvalue weighted by Crippen LogP contribution is -2.44. The van der Waals surface area contributed by atoms with E-state index in [1.807, 2.05) is 0 Å². The highest BCUT2D eigenvalue weighted by molar-refractivity contribution is 5.45. The molecule has 2 N–H and O–H groups in total. The van der Waals surface area contributed by atoms with E-state index in [9.17, 15) is 26.3 Å². The Balaban J connectivity index is 2.28. The summed E-state index contributed by atoms with van der Waals surface area (Å²) in [7, 11) is 0. The van der Waals surface area contributed by atoms with Crippen molar-refractivity contribution in [1.82, 2.24) is 0 Å². The van der Waals surface area contributed by atoms with Crippen LogP contribution in [0, 0.1) is 0 Å². The first kappa shape index (κ1) is 17.0. The van der Waals surface area contributed by atoms with Crippen LogP contribution in [0.5, 0.6) is 11.5 Å². The van der Waals surface area contributed by atoms with E-state index in [0.29, 0.717) is 23.6 Å². The van der Waals surface area contributed by atoms with Crippen LogP contribution in [-0.4, -0.2) is 12.6 Å². The van der Waals surface area contributed by atoms with E-state index in [0.717, 1.165) is 12.1 Å². The van der Waals surface area contributed by atoms with Crippen LogP contribution in [0.2, 0.25) is 0 Å². The predicted octanol–water partition coefficient (Wildman–Crippen LogP) is 5.05. The number of ether oxygens (including phenoxy) is 1. The summed E-state index contributed by atoms with van der Waals surface area (Å²) in [5.74, 6) is 0.354. The molecule has 0 aromatic heterocycles. The Morgan fingerprint density at radius 2 is 1.48 bits per heavy atom. The molecule has 0 aliphatic rings. The average molecular weight is 335 g/mol. The topological polar surface area (TPSA) is 35.2 Å². The lowest BCUT2D eigenvalue weighted by Gasteiger charge is -2.27. The maximum Gasteiger partial charge on any atom is 0.432 e. The third kappa shape index (κ3) is 3.35. The van der Waals surface area contributed by atoms with Crippen LogP contribution < -0.4 is 10.5 Å². The van der Waals surface area contributed by atoms with E-state index in [1.54, 1.807) is 18.2 Å². The van der Waals surface area contributed by atoms with Gasteiger partial charge in [0, 0.05) is 17.3 Å². The molecule has 0 fully saturated rings. The van der Waals surface area contributed by atoms with Crippen LogP contribution >= 0.6 is 0 Å². The first-order chi connectivity index (χ1) is 10.6. The summed E-state index contributed by atoms with van der Waals surface area (Å²) in [4.78, 5) is 0. The Hall–Kier alpha value is -2.38. The summed E-state index contributed by atoms with van der Waals surface area (Å²) in [6.07, 6.45) is -9.99. The van der Waals surface area contributed by atoms with Crippen molar-refractivity contribution >= 4 is 5.69 Å². The molecule has 2 nitrogen and oxygen atoms in total. The number of halogens is 6. The Bertz CT molecular complexity index is 670. The molecule has 1 atom stereocenters. The van der Waals surface area contributed by atoms with E-state index < -0.39 is 23.8 Å². The second-order valence-corrected chi connectivity index (χ2v) is 4.71. The van der Waals surface area contributed by atoms with Gasteiger partial charge < -0.3 is 10.5 Å². The normalized spacial score (nSPS) is 14.6. The van der Waals surface area contributed by atoms with Crippen molar-refractivity contribution in [2.75, 3.05) is 5.73 Å². The quantitative estimate of drug-likeness (QED) is 0.627. The highest BCUT2D eigenvalue weighted by atomic mass is 19.4. The minimum absolute atomic E-state index is 0.0538. The highest BCUT2D eigenvalue weighted by Gasteiger charge is 2.63. The molecule has 2 aromatic carbocycles. The molecule has 0 bridgehead atoms. The van der Waals surface area contributed by atoms with Gasteiger partial charge in [0.05, 0.1) is 0 Å². The van der Waals surface area contributed by atoms with Crippen LogP contribution in [0.1, 0.15) is 5.56 Å². The van der Waals surface area contributed by atoms with Crippen molar-refractivity contribution in [1.29, 1.82) is 0 Å². The second-order valence-electron chi connectivity index (χ2n) is 4.71. The zero-order chi connectivity index (χ0) is 17.3. The number of rotatable bonds is 4. The zero-order valence-electron chi connectivity index (χ0n) is 11.4. The van der Waals surface area contributed by atoms with E-state index in [-0.39, 0.29) is 5.75 Å². The highest BCUT2D eigenvalue weighted by Crippen LogP contribution is 2.47. The Morgan fingerprint density at radius 1 is 0.870 bits per heavy atom. The van der Waals surface area contributed by atoms with Gasteiger partial charge in [0.2, 0.25) is 0 Å². The summed E-state index contributed by atoms with van der Waals surface area (Å²) in [5, 5.41) is 0.